The number of nitrogens with zero attached hydrogens (tertiary/aromatic N) is 2. The van der Waals surface area contributed by atoms with E-state index in [0.717, 1.165) is 35.7 Å². The molecule has 0 fully saturated rings. The number of amides is 1. The van der Waals surface area contributed by atoms with E-state index in [1.807, 2.05) is 66.3 Å². The molecule has 8 heteroatoms. The number of carbonyl (C=O) groups excluding carboxylic acids is 1. The zero-order valence-corrected chi connectivity index (χ0v) is 16.7. The molecule has 0 aliphatic carbocycles. The number of hydrogen-bond donors (Lipinski definition) is 2. The number of aromatic nitrogens is 2. The summed E-state index contributed by atoms with van der Waals surface area (Å²) in [5, 5.41) is 5.91. The lowest BCUT2D eigenvalue weighted by Gasteiger charge is -2.07. The van der Waals surface area contributed by atoms with Gasteiger partial charge in [0, 0.05) is 24.5 Å². The van der Waals surface area contributed by atoms with Crippen molar-refractivity contribution < 1.29 is 9.53 Å². The van der Waals surface area contributed by atoms with E-state index in [1.165, 1.54) is 0 Å². The molecule has 2 aromatic heterocycles. The van der Waals surface area contributed by atoms with Crippen LogP contribution in [0.5, 0.6) is 5.75 Å². The lowest BCUT2D eigenvalue weighted by atomic mass is 10.2. The molecular formula is C19H24Cl2N4O2. The lowest BCUT2D eigenvalue weighted by molar-refractivity contribution is -0.116. The normalized spacial score (nSPS) is 9.96. The van der Waals surface area contributed by atoms with Crippen molar-refractivity contribution in [1.82, 2.24) is 14.7 Å². The van der Waals surface area contributed by atoms with Gasteiger partial charge in [0.2, 0.25) is 5.91 Å². The van der Waals surface area contributed by atoms with Crippen molar-refractivity contribution in [1.29, 1.82) is 0 Å². The molecule has 27 heavy (non-hydrogen) atoms. The predicted molar refractivity (Wildman–Crippen MR) is 112 cm³/mol. The van der Waals surface area contributed by atoms with Gasteiger partial charge in [0.15, 0.2) is 0 Å². The van der Waals surface area contributed by atoms with E-state index >= 15 is 0 Å². The summed E-state index contributed by atoms with van der Waals surface area (Å²) in [6.45, 7) is 1.24. The van der Waals surface area contributed by atoms with Crippen LogP contribution in [0.15, 0.2) is 54.9 Å². The zero-order chi connectivity index (χ0) is 17.5. The number of anilines is 1. The number of nitrogens with one attached hydrogen (secondary N) is 2. The fourth-order valence-corrected chi connectivity index (χ4v) is 2.50. The number of hydrogen-bond acceptors (Lipinski definition) is 4. The van der Waals surface area contributed by atoms with Crippen LogP contribution in [0.25, 0.3) is 5.65 Å². The van der Waals surface area contributed by atoms with Crippen LogP contribution in [0, 0.1) is 0 Å². The molecule has 3 rings (SSSR count). The molecule has 0 saturated carbocycles. The Labute approximate surface area is 171 Å². The summed E-state index contributed by atoms with van der Waals surface area (Å²) in [7, 11) is 1.88. The second kappa shape index (κ2) is 11.4. The maximum absolute atomic E-state index is 11.8. The van der Waals surface area contributed by atoms with Crippen molar-refractivity contribution in [2.24, 2.45) is 0 Å². The molecule has 2 heterocycles. The quantitative estimate of drug-likeness (QED) is 0.555. The molecule has 2 N–H and O–H groups in total. The first-order valence-corrected chi connectivity index (χ1v) is 8.34. The van der Waals surface area contributed by atoms with Crippen molar-refractivity contribution in [2.45, 2.75) is 19.4 Å². The summed E-state index contributed by atoms with van der Waals surface area (Å²) in [5.41, 5.74) is 2.54. The molecule has 6 nitrogen and oxygen atoms in total. The monoisotopic (exact) mass is 410 g/mol. The third-order valence-electron chi connectivity index (χ3n) is 3.77. The van der Waals surface area contributed by atoms with Crippen LogP contribution in [-0.2, 0) is 11.4 Å². The number of imidazole rings is 1. The SMILES string of the molecule is CNCCCC(=O)Nc1ccc(OCc2cn3ccccc3n2)cc1.Cl.Cl. The molecule has 0 unspecified atom stereocenters. The highest BCUT2D eigenvalue weighted by Crippen LogP contribution is 2.17. The maximum atomic E-state index is 11.8. The van der Waals surface area contributed by atoms with Crippen LogP contribution < -0.4 is 15.4 Å². The van der Waals surface area contributed by atoms with Crippen molar-refractivity contribution in [3.8, 4) is 5.75 Å². The first-order valence-electron chi connectivity index (χ1n) is 8.34. The molecule has 0 aliphatic rings. The Bertz CT molecular complexity index is 804. The number of fused-ring (bicyclic) bond motifs is 1. The maximum Gasteiger partial charge on any atom is 0.224 e. The summed E-state index contributed by atoms with van der Waals surface area (Å²) in [4.78, 5) is 16.3. The highest BCUT2D eigenvalue weighted by molar-refractivity contribution is 5.90. The van der Waals surface area contributed by atoms with Crippen molar-refractivity contribution in [2.75, 3.05) is 18.9 Å². The Morgan fingerprint density at radius 3 is 2.63 bits per heavy atom. The summed E-state index contributed by atoms with van der Waals surface area (Å²) in [6.07, 6.45) is 5.24. The highest BCUT2D eigenvalue weighted by Gasteiger charge is 2.04. The highest BCUT2D eigenvalue weighted by atomic mass is 35.5. The second-order valence-electron chi connectivity index (χ2n) is 5.77. The molecule has 0 bridgehead atoms. The van der Waals surface area contributed by atoms with Gasteiger partial charge in [-0.25, -0.2) is 4.98 Å². The van der Waals surface area contributed by atoms with Crippen molar-refractivity contribution in [3.63, 3.8) is 0 Å². The van der Waals surface area contributed by atoms with Gasteiger partial charge in [0.05, 0.1) is 5.69 Å². The molecule has 0 radical (unpaired) electrons. The van der Waals surface area contributed by atoms with Gasteiger partial charge in [0.1, 0.15) is 18.0 Å². The molecule has 0 atom stereocenters. The topological polar surface area (TPSA) is 67.7 Å². The molecule has 1 amide bonds. The van der Waals surface area contributed by atoms with Crippen LogP contribution in [0.2, 0.25) is 0 Å². The summed E-state index contributed by atoms with van der Waals surface area (Å²) >= 11 is 0. The van der Waals surface area contributed by atoms with Gasteiger partial charge in [-0.05, 0) is 56.4 Å². The summed E-state index contributed by atoms with van der Waals surface area (Å²) in [5.74, 6) is 0.763. The minimum Gasteiger partial charge on any atom is -0.487 e. The van der Waals surface area contributed by atoms with Gasteiger partial charge < -0.3 is 19.8 Å². The molecule has 0 saturated heterocycles. The number of halogens is 2. The number of benzene rings is 1. The predicted octanol–water partition coefficient (Wildman–Crippen LogP) is 3.70. The molecule has 1 aromatic carbocycles. The Morgan fingerprint density at radius 1 is 1.15 bits per heavy atom. The number of rotatable bonds is 8. The average molecular weight is 411 g/mol. The molecule has 0 spiro atoms. The Kier molecular flexibility index (Phi) is 9.64. The zero-order valence-electron chi connectivity index (χ0n) is 15.1. The summed E-state index contributed by atoms with van der Waals surface area (Å²) in [6, 6.07) is 13.3. The molecule has 0 aliphatic heterocycles. The van der Waals surface area contributed by atoms with Gasteiger partial charge in [-0.1, -0.05) is 6.07 Å². The van der Waals surface area contributed by atoms with Crippen LogP contribution >= 0.6 is 24.8 Å². The molecular weight excluding hydrogens is 387 g/mol. The van der Waals surface area contributed by atoms with E-state index < -0.39 is 0 Å². The van der Waals surface area contributed by atoms with Crippen LogP contribution in [0.3, 0.4) is 0 Å². The van der Waals surface area contributed by atoms with E-state index in [4.69, 9.17) is 4.74 Å². The minimum atomic E-state index is 0. The van der Waals surface area contributed by atoms with Gasteiger partial charge in [-0.2, -0.15) is 0 Å². The molecule has 3 aromatic rings. The third kappa shape index (κ3) is 6.75. The first-order chi connectivity index (χ1) is 12.2. The van der Waals surface area contributed by atoms with Gasteiger partial charge in [0.25, 0.3) is 0 Å². The summed E-state index contributed by atoms with van der Waals surface area (Å²) < 4.78 is 7.73. The van der Waals surface area contributed by atoms with E-state index in [2.05, 4.69) is 15.6 Å². The smallest absolute Gasteiger partial charge is 0.224 e. The number of carbonyl (C=O) groups is 1. The van der Waals surface area contributed by atoms with E-state index in [1.54, 1.807) is 0 Å². The molecule has 146 valence electrons. The van der Waals surface area contributed by atoms with Crippen molar-refractivity contribution >= 4 is 42.1 Å². The van der Waals surface area contributed by atoms with E-state index in [9.17, 15) is 4.79 Å². The standard InChI is InChI=1S/C19H22N4O2.2ClH/c1-20-11-4-6-19(24)22-15-7-9-17(10-8-15)25-14-16-13-23-12-3-2-5-18(23)21-16;;/h2-3,5,7-10,12-13,20H,4,6,11,14H2,1H3,(H,22,24);2*1H. The second-order valence-corrected chi connectivity index (χ2v) is 5.77. The van der Waals surface area contributed by atoms with E-state index in [0.29, 0.717) is 13.0 Å². The largest absolute Gasteiger partial charge is 0.487 e. The van der Waals surface area contributed by atoms with Crippen molar-refractivity contribution in [3.05, 3.63) is 60.6 Å². The fraction of sp³-hybridized carbons (Fsp3) is 0.263. The number of ether oxygens (including phenoxy) is 1. The Hall–Kier alpha value is -2.28. The average Bonchev–Trinajstić information content (AvgIpc) is 3.04. The fourth-order valence-electron chi connectivity index (χ4n) is 2.50. The van der Waals surface area contributed by atoms with Crippen LogP contribution in [0.4, 0.5) is 5.69 Å². The van der Waals surface area contributed by atoms with Crippen LogP contribution in [0.1, 0.15) is 18.5 Å². The van der Waals surface area contributed by atoms with Gasteiger partial charge in [-0.3, -0.25) is 4.79 Å². The van der Waals surface area contributed by atoms with Gasteiger partial charge >= 0.3 is 0 Å². The Morgan fingerprint density at radius 2 is 1.93 bits per heavy atom. The van der Waals surface area contributed by atoms with E-state index in [-0.39, 0.29) is 30.7 Å². The minimum absolute atomic E-state index is 0. The Balaban J connectivity index is 0.00000182. The third-order valence-corrected chi connectivity index (χ3v) is 3.77. The first kappa shape index (κ1) is 22.8. The van der Waals surface area contributed by atoms with Gasteiger partial charge in [-0.15, -0.1) is 24.8 Å². The lowest BCUT2D eigenvalue weighted by Crippen LogP contribution is -2.15. The van der Waals surface area contributed by atoms with Crippen LogP contribution in [-0.4, -0.2) is 28.9 Å². The number of pyridine rings is 1.